The third-order valence-corrected chi connectivity index (χ3v) is 4.59. The molecule has 0 radical (unpaired) electrons. The summed E-state index contributed by atoms with van der Waals surface area (Å²) in [6, 6.07) is 6.82. The van der Waals surface area contributed by atoms with Gasteiger partial charge in [0.25, 0.3) is 5.91 Å². The van der Waals surface area contributed by atoms with Crippen LogP contribution in [0.2, 0.25) is 5.02 Å². The number of likely N-dealkylation sites (N-methyl/N-ethyl adjacent to an activating group) is 1. The number of hydrogen-bond donors (Lipinski definition) is 1. The van der Waals surface area contributed by atoms with Crippen molar-refractivity contribution in [2.75, 3.05) is 50.6 Å². The highest BCUT2D eigenvalue weighted by molar-refractivity contribution is 6.32. The SMILES string of the molecule is COc1ccc(NC(=O)c2cc(N3CCN(C)CC3)nc(C)n2)cc1Cl. The van der Waals surface area contributed by atoms with Crippen molar-refractivity contribution in [2.45, 2.75) is 6.92 Å². The summed E-state index contributed by atoms with van der Waals surface area (Å²) in [6.07, 6.45) is 0. The predicted molar refractivity (Wildman–Crippen MR) is 102 cm³/mol. The second-order valence-electron chi connectivity index (χ2n) is 6.25. The molecule has 1 amide bonds. The molecule has 26 heavy (non-hydrogen) atoms. The Morgan fingerprint density at radius 1 is 1.19 bits per heavy atom. The van der Waals surface area contributed by atoms with Crippen LogP contribution >= 0.6 is 11.6 Å². The summed E-state index contributed by atoms with van der Waals surface area (Å²) < 4.78 is 5.12. The molecule has 0 atom stereocenters. The molecule has 0 saturated carbocycles. The van der Waals surface area contributed by atoms with Crippen LogP contribution in [0.1, 0.15) is 16.3 Å². The number of nitrogens with zero attached hydrogens (tertiary/aromatic N) is 4. The lowest BCUT2D eigenvalue weighted by Gasteiger charge is -2.33. The molecule has 2 aromatic rings. The molecule has 1 N–H and O–H groups in total. The summed E-state index contributed by atoms with van der Waals surface area (Å²) in [7, 11) is 3.64. The molecule has 1 aromatic heterocycles. The number of carbonyl (C=O) groups is 1. The Bertz CT molecular complexity index is 806. The van der Waals surface area contributed by atoms with E-state index in [1.54, 1.807) is 38.3 Å². The molecule has 8 heteroatoms. The van der Waals surface area contributed by atoms with Crippen LogP contribution in [0, 0.1) is 6.92 Å². The minimum Gasteiger partial charge on any atom is -0.495 e. The Labute approximate surface area is 157 Å². The van der Waals surface area contributed by atoms with E-state index in [0.717, 1.165) is 32.0 Å². The van der Waals surface area contributed by atoms with Gasteiger partial charge in [-0.05, 0) is 32.2 Å². The summed E-state index contributed by atoms with van der Waals surface area (Å²) in [5.41, 5.74) is 0.914. The number of benzene rings is 1. The van der Waals surface area contributed by atoms with Crippen LogP contribution in [-0.2, 0) is 0 Å². The number of aromatic nitrogens is 2. The zero-order valence-electron chi connectivity index (χ0n) is 15.1. The molecule has 138 valence electrons. The minimum absolute atomic E-state index is 0.299. The standard InChI is InChI=1S/C18H22ClN5O2/c1-12-20-15(11-17(21-12)24-8-6-23(2)7-9-24)18(25)22-13-4-5-16(26-3)14(19)10-13/h4-5,10-11H,6-9H2,1-3H3,(H,22,25). The number of nitrogens with one attached hydrogen (secondary N) is 1. The third kappa shape index (κ3) is 4.23. The topological polar surface area (TPSA) is 70.6 Å². The number of anilines is 2. The van der Waals surface area contributed by atoms with Crippen molar-refractivity contribution in [3.8, 4) is 5.75 Å². The Kier molecular flexibility index (Phi) is 5.58. The first-order chi connectivity index (χ1) is 12.5. The van der Waals surface area contributed by atoms with Crippen LogP contribution in [0.5, 0.6) is 5.75 Å². The normalized spacial score (nSPS) is 15.0. The lowest BCUT2D eigenvalue weighted by molar-refractivity contribution is 0.102. The molecular formula is C18H22ClN5O2. The number of piperazine rings is 1. The van der Waals surface area contributed by atoms with E-state index in [1.165, 1.54) is 0 Å². The molecule has 0 unspecified atom stereocenters. The van der Waals surface area contributed by atoms with Crippen molar-refractivity contribution in [1.82, 2.24) is 14.9 Å². The van der Waals surface area contributed by atoms with Gasteiger partial charge in [0.05, 0.1) is 12.1 Å². The van der Waals surface area contributed by atoms with Gasteiger partial charge < -0.3 is 19.9 Å². The van der Waals surface area contributed by atoms with E-state index in [2.05, 4.69) is 32.1 Å². The van der Waals surface area contributed by atoms with Crippen LogP contribution in [0.4, 0.5) is 11.5 Å². The molecule has 0 aliphatic carbocycles. The van der Waals surface area contributed by atoms with E-state index < -0.39 is 0 Å². The molecule has 0 bridgehead atoms. The molecule has 1 fully saturated rings. The minimum atomic E-state index is -0.299. The fourth-order valence-electron chi connectivity index (χ4n) is 2.81. The first-order valence-electron chi connectivity index (χ1n) is 8.40. The fourth-order valence-corrected chi connectivity index (χ4v) is 3.06. The number of amides is 1. The van der Waals surface area contributed by atoms with Crippen LogP contribution in [0.15, 0.2) is 24.3 Å². The zero-order chi connectivity index (χ0) is 18.7. The largest absolute Gasteiger partial charge is 0.495 e. The second-order valence-corrected chi connectivity index (χ2v) is 6.66. The van der Waals surface area contributed by atoms with Gasteiger partial charge in [-0.25, -0.2) is 9.97 Å². The third-order valence-electron chi connectivity index (χ3n) is 4.29. The number of aryl methyl sites for hydroxylation is 1. The highest BCUT2D eigenvalue weighted by Crippen LogP contribution is 2.27. The number of halogens is 1. The van der Waals surface area contributed by atoms with E-state index in [0.29, 0.717) is 28.0 Å². The maximum Gasteiger partial charge on any atom is 0.274 e. The summed E-state index contributed by atoms with van der Waals surface area (Å²) >= 11 is 6.11. The van der Waals surface area contributed by atoms with Gasteiger partial charge >= 0.3 is 0 Å². The first kappa shape index (κ1) is 18.4. The number of rotatable bonds is 4. The Morgan fingerprint density at radius 3 is 2.58 bits per heavy atom. The van der Waals surface area contributed by atoms with Crippen LogP contribution in [0.3, 0.4) is 0 Å². The van der Waals surface area contributed by atoms with Crippen LogP contribution in [-0.4, -0.2) is 61.1 Å². The highest BCUT2D eigenvalue weighted by atomic mass is 35.5. The quantitative estimate of drug-likeness (QED) is 0.885. The molecule has 2 heterocycles. The number of ether oxygens (including phenoxy) is 1. The van der Waals surface area contributed by atoms with E-state index in [4.69, 9.17) is 16.3 Å². The molecule has 7 nitrogen and oxygen atoms in total. The molecule has 1 aliphatic rings. The number of methoxy groups -OCH3 is 1. The predicted octanol–water partition coefficient (Wildman–Crippen LogP) is 2.45. The van der Waals surface area contributed by atoms with Crippen molar-refractivity contribution in [2.24, 2.45) is 0 Å². The Hall–Kier alpha value is -2.38. The van der Waals surface area contributed by atoms with Crippen LogP contribution < -0.4 is 15.0 Å². The summed E-state index contributed by atoms with van der Waals surface area (Å²) in [4.78, 5) is 25.8. The lowest BCUT2D eigenvalue weighted by atomic mass is 10.2. The smallest absolute Gasteiger partial charge is 0.274 e. The summed E-state index contributed by atoms with van der Waals surface area (Å²) in [5, 5.41) is 3.25. The highest BCUT2D eigenvalue weighted by Gasteiger charge is 2.18. The van der Waals surface area contributed by atoms with Crippen molar-refractivity contribution in [1.29, 1.82) is 0 Å². The van der Waals surface area contributed by atoms with Crippen molar-refractivity contribution < 1.29 is 9.53 Å². The lowest BCUT2D eigenvalue weighted by Crippen LogP contribution is -2.45. The van der Waals surface area contributed by atoms with Gasteiger partial charge in [0.2, 0.25) is 0 Å². The molecule has 0 spiro atoms. The van der Waals surface area contributed by atoms with Gasteiger partial charge in [0.15, 0.2) is 0 Å². The summed E-state index contributed by atoms with van der Waals surface area (Å²) in [6.45, 7) is 5.48. The maximum absolute atomic E-state index is 12.6. The Morgan fingerprint density at radius 2 is 1.92 bits per heavy atom. The fraction of sp³-hybridized carbons (Fsp3) is 0.389. The average Bonchev–Trinajstić information content (AvgIpc) is 2.62. The van der Waals surface area contributed by atoms with Crippen molar-refractivity contribution >= 4 is 29.0 Å². The molecule has 3 rings (SSSR count). The first-order valence-corrected chi connectivity index (χ1v) is 8.78. The van der Waals surface area contributed by atoms with Gasteiger partial charge in [-0.15, -0.1) is 0 Å². The van der Waals surface area contributed by atoms with E-state index in [9.17, 15) is 4.79 Å². The van der Waals surface area contributed by atoms with Gasteiger partial charge in [-0.1, -0.05) is 11.6 Å². The van der Waals surface area contributed by atoms with E-state index >= 15 is 0 Å². The zero-order valence-corrected chi connectivity index (χ0v) is 15.9. The van der Waals surface area contributed by atoms with Crippen molar-refractivity contribution in [3.63, 3.8) is 0 Å². The van der Waals surface area contributed by atoms with Gasteiger partial charge in [-0.3, -0.25) is 4.79 Å². The molecule has 1 aliphatic heterocycles. The molecule has 1 aromatic carbocycles. The van der Waals surface area contributed by atoms with Crippen LogP contribution in [0.25, 0.3) is 0 Å². The van der Waals surface area contributed by atoms with Gasteiger partial charge in [-0.2, -0.15) is 0 Å². The maximum atomic E-state index is 12.6. The monoisotopic (exact) mass is 375 g/mol. The van der Waals surface area contributed by atoms with Crippen molar-refractivity contribution in [3.05, 3.63) is 40.8 Å². The van der Waals surface area contributed by atoms with E-state index in [-0.39, 0.29) is 5.91 Å². The second kappa shape index (κ2) is 7.88. The number of hydrogen-bond acceptors (Lipinski definition) is 6. The molecular weight excluding hydrogens is 354 g/mol. The average molecular weight is 376 g/mol. The van der Waals surface area contributed by atoms with Gasteiger partial charge in [0, 0.05) is 37.9 Å². The summed E-state index contributed by atoms with van der Waals surface area (Å²) in [5.74, 6) is 1.61. The van der Waals surface area contributed by atoms with E-state index in [1.807, 2.05) is 0 Å². The van der Waals surface area contributed by atoms with Gasteiger partial charge in [0.1, 0.15) is 23.1 Å². The Balaban J connectivity index is 1.78. The number of carbonyl (C=O) groups excluding carboxylic acids is 1. The molecule has 1 saturated heterocycles.